The molecule has 0 rings (SSSR count). The van der Waals surface area contributed by atoms with E-state index in [1.54, 1.807) is 0 Å². The summed E-state index contributed by atoms with van der Waals surface area (Å²) in [4.78, 5) is 72.7. The van der Waals surface area contributed by atoms with Gasteiger partial charge in [-0.3, -0.25) is 37.3 Å². The zero-order valence-electron chi connectivity index (χ0n) is 62.3. The van der Waals surface area contributed by atoms with Crippen molar-refractivity contribution in [3.8, 4) is 0 Å². The predicted octanol–water partition coefficient (Wildman–Crippen LogP) is 22.0. The van der Waals surface area contributed by atoms with Crippen LogP contribution in [0.2, 0.25) is 0 Å². The van der Waals surface area contributed by atoms with Gasteiger partial charge in [0.2, 0.25) is 0 Å². The smallest absolute Gasteiger partial charge is 0.462 e. The molecule has 3 N–H and O–H groups in total. The maximum absolute atomic E-state index is 13.1. The number of hydrogen-bond acceptors (Lipinski definition) is 15. The van der Waals surface area contributed by atoms with E-state index in [4.69, 9.17) is 37.0 Å². The van der Waals surface area contributed by atoms with E-state index in [9.17, 15) is 43.2 Å². The van der Waals surface area contributed by atoms with E-state index in [0.29, 0.717) is 31.6 Å². The Balaban J connectivity index is 5.23. The molecule has 0 aromatic heterocycles. The highest BCUT2D eigenvalue weighted by atomic mass is 31.2. The molecule has 19 heteroatoms. The third kappa shape index (κ3) is 69.0. The Hall–Kier alpha value is -1.94. The number of unbranched alkanes of at least 4 members (excludes halogenated alkanes) is 38. The molecule has 564 valence electrons. The topological polar surface area (TPSA) is 237 Å². The molecule has 0 heterocycles. The van der Waals surface area contributed by atoms with Gasteiger partial charge in [-0.05, 0) is 49.4 Å². The lowest BCUT2D eigenvalue weighted by Gasteiger charge is -2.21. The van der Waals surface area contributed by atoms with E-state index >= 15 is 0 Å². The van der Waals surface area contributed by atoms with Crippen LogP contribution in [0.5, 0.6) is 0 Å². The molecule has 0 spiro atoms. The minimum Gasteiger partial charge on any atom is -0.462 e. The Kier molecular flexibility index (Phi) is 64.0. The van der Waals surface area contributed by atoms with Crippen LogP contribution in [0.1, 0.15) is 383 Å². The zero-order valence-corrected chi connectivity index (χ0v) is 64.1. The third-order valence-electron chi connectivity index (χ3n) is 17.9. The first-order chi connectivity index (χ1) is 45.6. The largest absolute Gasteiger partial charge is 0.472 e. The molecule has 0 fully saturated rings. The van der Waals surface area contributed by atoms with E-state index in [-0.39, 0.29) is 25.7 Å². The Morgan fingerprint density at radius 2 is 0.505 bits per heavy atom. The van der Waals surface area contributed by atoms with E-state index in [0.717, 1.165) is 114 Å². The summed E-state index contributed by atoms with van der Waals surface area (Å²) in [5.74, 6) is 0.919. The number of phosphoric ester groups is 2. The molecule has 0 saturated carbocycles. The second-order valence-electron chi connectivity index (χ2n) is 29.1. The molecule has 0 radical (unpaired) electrons. The average molecular weight is 1400 g/mol. The number of carbonyl (C=O) groups excluding carboxylic acids is 4. The van der Waals surface area contributed by atoms with Gasteiger partial charge in [0.15, 0.2) is 12.2 Å². The SMILES string of the molecule is CCC(C)CCCCCCCCCCCCCCCCC(=O)OC[C@H](COP(=O)(O)OC[C@@H](O)COP(=O)(O)OC[C@@H](COC(=O)CCCCCCCCC(C)C)OC(=O)CCCCCCCCCCC(C)C)OC(=O)CCCCCCCCCCCCCCCCC(C)C. The van der Waals surface area contributed by atoms with Crippen LogP contribution in [0.25, 0.3) is 0 Å². The van der Waals surface area contributed by atoms with E-state index in [1.807, 2.05) is 0 Å². The summed E-state index contributed by atoms with van der Waals surface area (Å²) < 4.78 is 68.5. The maximum Gasteiger partial charge on any atom is 0.472 e. The summed E-state index contributed by atoms with van der Waals surface area (Å²) in [7, 11) is -9.91. The van der Waals surface area contributed by atoms with Gasteiger partial charge < -0.3 is 33.8 Å². The molecule has 95 heavy (non-hydrogen) atoms. The molecule has 0 aliphatic heterocycles. The Labute approximate surface area is 581 Å². The summed E-state index contributed by atoms with van der Waals surface area (Å²) >= 11 is 0. The summed E-state index contributed by atoms with van der Waals surface area (Å²) in [5, 5.41) is 10.6. The number of phosphoric acid groups is 2. The predicted molar refractivity (Wildman–Crippen MR) is 386 cm³/mol. The fourth-order valence-corrected chi connectivity index (χ4v) is 13.1. The summed E-state index contributed by atoms with van der Waals surface area (Å²) in [6.07, 6.45) is 50.1. The van der Waals surface area contributed by atoms with Gasteiger partial charge in [-0.1, -0.05) is 331 Å². The first-order valence-electron chi connectivity index (χ1n) is 39.2. The normalized spacial score (nSPS) is 14.4. The van der Waals surface area contributed by atoms with Gasteiger partial charge in [0.25, 0.3) is 0 Å². The zero-order chi connectivity index (χ0) is 70.3. The molecule has 0 bridgehead atoms. The summed E-state index contributed by atoms with van der Waals surface area (Å²) in [6, 6.07) is 0. The van der Waals surface area contributed by atoms with E-state index < -0.39 is 97.5 Å². The second kappa shape index (κ2) is 65.4. The van der Waals surface area contributed by atoms with Gasteiger partial charge in [-0.2, -0.15) is 0 Å². The van der Waals surface area contributed by atoms with Crippen LogP contribution >= 0.6 is 15.6 Å². The van der Waals surface area contributed by atoms with Crippen LogP contribution in [0, 0.1) is 23.7 Å². The van der Waals surface area contributed by atoms with Crippen molar-refractivity contribution in [2.24, 2.45) is 23.7 Å². The average Bonchev–Trinajstić information content (AvgIpc) is 2.29. The highest BCUT2D eigenvalue weighted by Crippen LogP contribution is 2.45. The van der Waals surface area contributed by atoms with Gasteiger partial charge in [-0.25, -0.2) is 9.13 Å². The summed E-state index contributed by atoms with van der Waals surface area (Å²) in [5.41, 5.74) is 0. The molecule has 0 saturated heterocycles. The van der Waals surface area contributed by atoms with Crippen molar-refractivity contribution >= 4 is 39.5 Å². The van der Waals surface area contributed by atoms with Crippen LogP contribution in [-0.2, 0) is 65.4 Å². The number of hydrogen-bond donors (Lipinski definition) is 3. The molecule has 0 aromatic carbocycles. The molecule has 0 amide bonds. The van der Waals surface area contributed by atoms with Crippen molar-refractivity contribution in [2.75, 3.05) is 39.6 Å². The Morgan fingerprint density at radius 3 is 0.747 bits per heavy atom. The number of rotatable bonds is 73. The molecule has 0 aliphatic carbocycles. The Bertz CT molecular complexity index is 1870. The molecular formula is C76H148O17P2. The minimum absolute atomic E-state index is 0.103. The van der Waals surface area contributed by atoms with Crippen LogP contribution < -0.4 is 0 Å². The number of ether oxygens (including phenoxy) is 4. The fraction of sp³-hybridized carbons (Fsp3) is 0.947. The van der Waals surface area contributed by atoms with Crippen molar-refractivity contribution in [1.82, 2.24) is 0 Å². The van der Waals surface area contributed by atoms with Gasteiger partial charge >= 0.3 is 39.5 Å². The van der Waals surface area contributed by atoms with Crippen molar-refractivity contribution < 1.29 is 80.2 Å². The standard InChI is InChI=1S/C76H148O17P2/c1-9-69(8)55-47-39-30-23-19-15-11-13-16-20-24-31-40-48-56-73(78)86-62-71(92-75(80)58-50-42-32-25-21-17-12-10-14-18-22-28-36-44-52-66(2)3)64-90-94(82,83)88-60-70(77)61-89-95(84,85)91-65-72(63-87-74(79)57-49-41-35-34-38-46-54-68(6)7)93-76(81)59-51-43-33-27-26-29-37-45-53-67(4)5/h66-72,77H,9-65H2,1-8H3,(H,82,83)(H,84,85)/t69?,70-,71-,72-/m1/s1. The highest BCUT2D eigenvalue weighted by Gasteiger charge is 2.30. The van der Waals surface area contributed by atoms with Gasteiger partial charge in [0.1, 0.15) is 19.3 Å². The van der Waals surface area contributed by atoms with Gasteiger partial charge in [0, 0.05) is 25.7 Å². The van der Waals surface area contributed by atoms with E-state index in [2.05, 4.69) is 55.4 Å². The first-order valence-corrected chi connectivity index (χ1v) is 42.2. The molecule has 6 atom stereocenters. The molecule has 3 unspecified atom stereocenters. The van der Waals surface area contributed by atoms with Crippen molar-refractivity contribution in [3.05, 3.63) is 0 Å². The van der Waals surface area contributed by atoms with Gasteiger partial charge in [-0.15, -0.1) is 0 Å². The van der Waals surface area contributed by atoms with E-state index in [1.165, 1.54) is 180 Å². The number of esters is 4. The molecular weight excluding hydrogens is 1250 g/mol. The van der Waals surface area contributed by atoms with Crippen molar-refractivity contribution in [2.45, 2.75) is 401 Å². The van der Waals surface area contributed by atoms with Crippen LogP contribution in [0.4, 0.5) is 0 Å². The van der Waals surface area contributed by atoms with Gasteiger partial charge in [0.05, 0.1) is 26.4 Å². The summed E-state index contributed by atoms with van der Waals surface area (Å²) in [6.45, 7) is 14.2. The van der Waals surface area contributed by atoms with Crippen molar-refractivity contribution in [3.63, 3.8) is 0 Å². The number of aliphatic hydroxyl groups excluding tert-OH is 1. The lowest BCUT2D eigenvalue weighted by Crippen LogP contribution is -2.30. The maximum atomic E-state index is 13.1. The lowest BCUT2D eigenvalue weighted by molar-refractivity contribution is -0.161. The quantitative estimate of drug-likeness (QED) is 0.0222. The third-order valence-corrected chi connectivity index (χ3v) is 19.8. The Morgan fingerprint density at radius 1 is 0.295 bits per heavy atom. The minimum atomic E-state index is -4.96. The van der Waals surface area contributed by atoms with Crippen LogP contribution in [-0.4, -0.2) is 96.7 Å². The monoisotopic (exact) mass is 1400 g/mol. The number of aliphatic hydroxyl groups is 1. The first kappa shape index (κ1) is 93.1. The lowest BCUT2D eigenvalue weighted by atomic mass is 9.99. The van der Waals surface area contributed by atoms with Crippen molar-refractivity contribution in [1.29, 1.82) is 0 Å². The van der Waals surface area contributed by atoms with Crippen LogP contribution in [0.3, 0.4) is 0 Å². The second-order valence-corrected chi connectivity index (χ2v) is 32.0. The highest BCUT2D eigenvalue weighted by molar-refractivity contribution is 7.47. The molecule has 17 nitrogen and oxygen atoms in total. The fourth-order valence-electron chi connectivity index (χ4n) is 11.5. The number of carbonyl (C=O) groups is 4. The van der Waals surface area contributed by atoms with Crippen LogP contribution in [0.15, 0.2) is 0 Å². The molecule has 0 aromatic rings. The molecule has 0 aliphatic rings.